The molecule has 0 saturated heterocycles. The van der Waals surface area contributed by atoms with E-state index in [-0.39, 0.29) is 20.3 Å². The minimum absolute atomic E-state index is 0.109. The van der Waals surface area contributed by atoms with E-state index in [1.54, 1.807) is 0 Å². The van der Waals surface area contributed by atoms with Crippen LogP contribution in [0, 0.1) is 4.91 Å². The van der Waals surface area contributed by atoms with Crippen LogP contribution in [0.2, 0.25) is 0 Å². The predicted octanol–water partition coefficient (Wildman–Crippen LogP) is 0.714. The fourth-order valence-corrected chi connectivity index (χ4v) is 2.83. The van der Waals surface area contributed by atoms with Crippen molar-refractivity contribution in [3.05, 3.63) is 44.2 Å². The monoisotopic (exact) mass is 296 g/mol. The van der Waals surface area contributed by atoms with Gasteiger partial charge in [0.2, 0.25) is 0 Å². The van der Waals surface area contributed by atoms with Crippen molar-refractivity contribution in [3.63, 3.8) is 0 Å². The van der Waals surface area contributed by atoms with Crippen LogP contribution in [0.15, 0.2) is 40.7 Å². The molecule has 1 aromatic carbocycles. The molecule has 2 rings (SSSR count). The van der Waals surface area contributed by atoms with Gasteiger partial charge in [0.1, 0.15) is 0 Å². The van der Waals surface area contributed by atoms with Crippen molar-refractivity contribution < 1.29 is 4.79 Å². The van der Waals surface area contributed by atoms with Crippen LogP contribution in [0.3, 0.4) is 0 Å². The van der Waals surface area contributed by atoms with Gasteiger partial charge in [-0.05, 0) is 0 Å². The van der Waals surface area contributed by atoms with Crippen LogP contribution in [-0.4, -0.2) is 30.1 Å². The third kappa shape index (κ3) is 2.46. The molecule has 1 aromatic heterocycles. The van der Waals surface area contributed by atoms with Crippen LogP contribution in [0.4, 0.5) is 0 Å². The fraction of sp³-hybridized carbons (Fsp3) is 0.100. The van der Waals surface area contributed by atoms with Gasteiger partial charge in [0, 0.05) is 0 Å². The molecule has 0 bridgehead atoms. The number of Topliss-reactive ketones (excluding diaryl/α,β-unsaturated/α-hetero) is 1. The number of carbonyl (C=O) groups is 1. The summed E-state index contributed by atoms with van der Waals surface area (Å²) in [6, 6.07) is 9.20. The molecule has 0 radical (unpaired) electrons. The third-order valence-corrected chi connectivity index (χ3v) is 4.09. The van der Waals surface area contributed by atoms with Crippen LogP contribution in [0.1, 0.15) is 16.3 Å². The van der Waals surface area contributed by atoms with Crippen molar-refractivity contribution >= 4 is 20.3 Å². The second-order valence-corrected chi connectivity index (χ2v) is 5.18. The molecule has 0 atom stereocenters. The first-order chi connectivity index (χ1) is 8.22. The number of benzene rings is 1. The Labute approximate surface area is 102 Å². The number of hydrogen-bond donors (Lipinski definition) is 0. The Morgan fingerprint density at radius 2 is 2.06 bits per heavy atom. The van der Waals surface area contributed by atoms with Gasteiger partial charge in [0.15, 0.2) is 0 Å². The molecule has 7 heteroatoms. The third-order valence-electron chi connectivity index (χ3n) is 1.99. The van der Waals surface area contributed by atoms with Crippen molar-refractivity contribution in [2.75, 3.05) is 0 Å². The summed E-state index contributed by atoms with van der Waals surface area (Å²) in [5.41, 5.74) is 0.757. The summed E-state index contributed by atoms with van der Waals surface area (Å²) in [4.78, 5) is 21.5. The fourth-order valence-electron chi connectivity index (χ4n) is 1.26. The van der Waals surface area contributed by atoms with Gasteiger partial charge in [-0.3, -0.25) is 0 Å². The summed E-state index contributed by atoms with van der Waals surface area (Å²) in [5.74, 6) is -0.109. The number of carbonyl (C=O) groups excluding carboxylic acids is 1. The number of nitroso groups, excluding NO2 is 1. The Bertz CT molecular complexity index is 615. The van der Waals surface area contributed by atoms with Gasteiger partial charge in [0.05, 0.1) is 0 Å². The standard InChI is InChI=1S/C10H8N4O2Se/c1-7(15)9-12-14(10(17-9)11-13-16)8-5-3-2-4-6-8/h2-6H,1H3/b11-10-. The Kier molecular flexibility index (Phi) is 3.41. The Balaban J connectivity index is 2.64. The summed E-state index contributed by atoms with van der Waals surface area (Å²) >= 11 is -0.365. The van der Waals surface area contributed by atoms with E-state index >= 15 is 0 Å². The molecule has 0 spiro atoms. The van der Waals surface area contributed by atoms with Crippen molar-refractivity contribution in [1.29, 1.82) is 0 Å². The molecular formula is C10H8N4O2Se. The summed E-state index contributed by atoms with van der Waals surface area (Å²) in [7, 11) is 0. The first-order valence-corrected chi connectivity index (χ1v) is 6.46. The Morgan fingerprint density at radius 3 is 2.65 bits per heavy atom. The number of aromatic nitrogens is 2. The normalized spacial score (nSPS) is 11.5. The molecule has 6 nitrogen and oxygen atoms in total. The zero-order valence-corrected chi connectivity index (χ0v) is 10.6. The summed E-state index contributed by atoms with van der Waals surface area (Å²) < 4.78 is 2.34. The van der Waals surface area contributed by atoms with Crippen LogP contribution < -0.4 is 4.36 Å². The van der Waals surface area contributed by atoms with Gasteiger partial charge in [-0.1, -0.05) is 0 Å². The van der Waals surface area contributed by atoms with Crippen molar-refractivity contribution in [2.24, 2.45) is 10.4 Å². The zero-order valence-electron chi connectivity index (χ0n) is 8.90. The van der Waals surface area contributed by atoms with Crippen molar-refractivity contribution in [2.45, 2.75) is 6.92 Å². The van der Waals surface area contributed by atoms with E-state index in [1.165, 1.54) is 11.6 Å². The van der Waals surface area contributed by atoms with E-state index in [4.69, 9.17) is 0 Å². The number of hydrogen-bond acceptors (Lipinski definition) is 4. The van der Waals surface area contributed by atoms with Crippen molar-refractivity contribution in [3.8, 4) is 5.69 Å². The van der Waals surface area contributed by atoms with Gasteiger partial charge in [0.25, 0.3) is 0 Å². The van der Waals surface area contributed by atoms with Gasteiger partial charge in [-0.15, -0.1) is 0 Å². The summed E-state index contributed by atoms with van der Waals surface area (Å²) in [5, 5.41) is 10.2. The van der Waals surface area contributed by atoms with Crippen LogP contribution >= 0.6 is 0 Å². The van der Waals surface area contributed by atoms with Crippen LogP contribution in [0.25, 0.3) is 5.69 Å². The molecule has 0 aliphatic carbocycles. The molecule has 17 heavy (non-hydrogen) atoms. The molecule has 0 saturated carbocycles. The molecule has 0 unspecified atom stereocenters. The zero-order chi connectivity index (χ0) is 12.3. The predicted molar refractivity (Wildman–Crippen MR) is 61.9 cm³/mol. The second-order valence-electron chi connectivity index (χ2n) is 3.17. The molecule has 0 fully saturated rings. The molecule has 0 aliphatic heterocycles. The Morgan fingerprint density at radius 1 is 1.35 bits per heavy atom. The van der Waals surface area contributed by atoms with E-state index < -0.39 is 0 Å². The number of rotatable bonds is 3. The topological polar surface area (TPSA) is 76.7 Å². The molecule has 1 heterocycles. The molecule has 0 aliphatic rings. The van der Waals surface area contributed by atoms with E-state index in [0.717, 1.165) is 5.69 Å². The maximum atomic E-state index is 11.3. The molecule has 0 amide bonds. The van der Waals surface area contributed by atoms with Gasteiger partial charge < -0.3 is 0 Å². The number of ketones is 1. The average molecular weight is 295 g/mol. The first-order valence-electron chi connectivity index (χ1n) is 4.75. The molecular weight excluding hydrogens is 287 g/mol. The van der Waals surface area contributed by atoms with Crippen LogP contribution in [0.5, 0.6) is 0 Å². The average Bonchev–Trinajstić information content (AvgIpc) is 2.75. The van der Waals surface area contributed by atoms with E-state index in [2.05, 4.69) is 15.5 Å². The summed E-state index contributed by atoms with van der Waals surface area (Å²) in [6.07, 6.45) is 0. The first kappa shape index (κ1) is 11.6. The quantitative estimate of drug-likeness (QED) is 0.362. The minimum atomic E-state index is -0.365. The van der Waals surface area contributed by atoms with E-state index in [0.29, 0.717) is 8.93 Å². The molecule has 86 valence electrons. The number of nitrogens with zero attached hydrogens (tertiary/aromatic N) is 4. The Hall–Kier alpha value is -1.85. The number of para-hydroxylation sites is 1. The SMILES string of the molecule is CC(=O)c1nn(-c2ccccc2)/c(=N/N=O)[se]1. The second kappa shape index (κ2) is 4.99. The van der Waals surface area contributed by atoms with Gasteiger partial charge in [-0.25, -0.2) is 0 Å². The summed E-state index contributed by atoms with van der Waals surface area (Å²) in [6.45, 7) is 1.45. The van der Waals surface area contributed by atoms with Gasteiger partial charge in [-0.2, -0.15) is 0 Å². The van der Waals surface area contributed by atoms with Crippen LogP contribution in [-0.2, 0) is 0 Å². The molecule has 2 aromatic rings. The maximum absolute atomic E-state index is 11.3. The van der Waals surface area contributed by atoms with E-state index in [1.807, 2.05) is 30.3 Å². The van der Waals surface area contributed by atoms with E-state index in [9.17, 15) is 9.70 Å². The van der Waals surface area contributed by atoms with Crippen molar-refractivity contribution in [1.82, 2.24) is 9.78 Å². The molecule has 0 N–H and O–H groups in total. The van der Waals surface area contributed by atoms with Gasteiger partial charge >= 0.3 is 102 Å².